The highest BCUT2D eigenvalue weighted by Gasteiger charge is 2.17. The van der Waals surface area contributed by atoms with Gasteiger partial charge in [-0.05, 0) is 62.1 Å². The van der Waals surface area contributed by atoms with E-state index < -0.39 is 0 Å². The van der Waals surface area contributed by atoms with E-state index in [1.54, 1.807) is 0 Å². The molecule has 0 aromatic carbocycles. The van der Waals surface area contributed by atoms with Crippen molar-refractivity contribution in [1.82, 2.24) is 4.90 Å². The molecular weight excluding hydrogens is 274 g/mol. The van der Waals surface area contributed by atoms with Crippen molar-refractivity contribution in [2.24, 2.45) is 0 Å². The molecule has 1 fully saturated rings. The number of hydrogen-bond donors (Lipinski definition) is 0. The second-order valence-electron chi connectivity index (χ2n) is 5.97. The highest BCUT2D eigenvalue weighted by atomic mass is 32.1. The van der Waals surface area contributed by atoms with E-state index in [2.05, 4.69) is 56.5 Å². The lowest BCUT2D eigenvalue weighted by Crippen LogP contribution is -2.22. The van der Waals surface area contributed by atoms with Crippen LogP contribution in [0.2, 0.25) is 0 Å². The van der Waals surface area contributed by atoms with Crippen molar-refractivity contribution >= 4 is 16.9 Å². The van der Waals surface area contributed by atoms with Gasteiger partial charge in [-0.1, -0.05) is 38.7 Å². The Balaban J connectivity index is 2.22. The number of allylic oxidation sites excluding steroid dienone is 3. The van der Waals surface area contributed by atoms with Crippen LogP contribution in [0.1, 0.15) is 49.3 Å². The summed E-state index contributed by atoms with van der Waals surface area (Å²) in [5.41, 5.74) is 2.77. The summed E-state index contributed by atoms with van der Waals surface area (Å²) in [6.45, 7) is 14.1. The minimum absolute atomic E-state index is 0.604. The molecule has 2 heterocycles. The first-order valence-corrected chi connectivity index (χ1v) is 8.78. The fraction of sp³-hybridized carbons (Fsp3) is 0.474. The monoisotopic (exact) mass is 301 g/mol. The van der Waals surface area contributed by atoms with Crippen molar-refractivity contribution in [3.05, 3.63) is 52.3 Å². The highest BCUT2D eigenvalue weighted by molar-refractivity contribution is 7.13. The zero-order valence-corrected chi connectivity index (χ0v) is 14.4. The van der Waals surface area contributed by atoms with E-state index in [9.17, 15) is 0 Å². The van der Waals surface area contributed by atoms with Gasteiger partial charge in [-0.2, -0.15) is 0 Å². The fourth-order valence-electron chi connectivity index (χ4n) is 2.85. The molecular formula is C19H27NS. The minimum atomic E-state index is 0.604. The van der Waals surface area contributed by atoms with Crippen LogP contribution in [0.15, 0.2) is 42.5 Å². The third-order valence-electron chi connectivity index (χ3n) is 4.01. The lowest BCUT2D eigenvalue weighted by atomic mass is 10.0. The molecule has 0 saturated carbocycles. The van der Waals surface area contributed by atoms with Crippen LogP contribution in [-0.4, -0.2) is 24.5 Å². The first-order valence-electron chi connectivity index (χ1n) is 7.96. The van der Waals surface area contributed by atoms with Gasteiger partial charge < -0.3 is 0 Å². The molecule has 0 radical (unpaired) electrons. The smallest absolute Gasteiger partial charge is 0.0345 e. The molecule has 0 aliphatic carbocycles. The zero-order valence-electron chi connectivity index (χ0n) is 13.6. The molecule has 0 amide bonds. The van der Waals surface area contributed by atoms with Gasteiger partial charge in [0.1, 0.15) is 0 Å². The molecule has 0 atom stereocenters. The Morgan fingerprint density at radius 2 is 2.05 bits per heavy atom. The fourth-order valence-corrected chi connectivity index (χ4v) is 3.97. The molecule has 2 rings (SSSR count). The number of likely N-dealkylation sites (tertiary alicyclic amines) is 1. The van der Waals surface area contributed by atoms with Gasteiger partial charge in [-0.15, -0.1) is 11.3 Å². The first-order chi connectivity index (χ1) is 10.2. The van der Waals surface area contributed by atoms with Crippen LogP contribution in [0.4, 0.5) is 0 Å². The van der Waals surface area contributed by atoms with Crippen LogP contribution in [0, 0.1) is 0 Å². The number of nitrogens with zero attached hydrogens (tertiary/aromatic N) is 1. The van der Waals surface area contributed by atoms with E-state index in [0.717, 1.165) is 6.54 Å². The van der Waals surface area contributed by atoms with Gasteiger partial charge in [0.05, 0.1) is 0 Å². The van der Waals surface area contributed by atoms with Crippen LogP contribution in [-0.2, 0) is 0 Å². The third-order valence-corrected chi connectivity index (χ3v) is 5.43. The Bertz CT molecular complexity index is 528. The molecule has 2 heteroatoms. The molecule has 21 heavy (non-hydrogen) atoms. The quantitative estimate of drug-likeness (QED) is 0.629. The summed E-state index contributed by atoms with van der Waals surface area (Å²) in [7, 11) is 0. The van der Waals surface area contributed by atoms with Gasteiger partial charge in [-0.3, -0.25) is 4.90 Å². The van der Waals surface area contributed by atoms with Crippen LogP contribution in [0.25, 0.3) is 5.57 Å². The van der Waals surface area contributed by atoms with Crippen LogP contribution in [0.3, 0.4) is 0 Å². The Kier molecular flexibility index (Phi) is 6.01. The van der Waals surface area contributed by atoms with Crippen molar-refractivity contribution in [3.63, 3.8) is 0 Å². The van der Waals surface area contributed by atoms with Crippen molar-refractivity contribution in [1.29, 1.82) is 0 Å². The Hall–Kier alpha value is -1.12. The van der Waals surface area contributed by atoms with Gasteiger partial charge >= 0.3 is 0 Å². The summed E-state index contributed by atoms with van der Waals surface area (Å²) >= 11 is 1.92. The second-order valence-corrected chi connectivity index (χ2v) is 7.09. The van der Waals surface area contributed by atoms with E-state index in [4.69, 9.17) is 0 Å². The van der Waals surface area contributed by atoms with Gasteiger partial charge in [0, 0.05) is 16.3 Å². The van der Waals surface area contributed by atoms with Crippen molar-refractivity contribution in [2.45, 2.75) is 39.5 Å². The van der Waals surface area contributed by atoms with E-state index in [-0.39, 0.29) is 0 Å². The summed E-state index contributed by atoms with van der Waals surface area (Å²) in [5, 5.41) is 0. The number of thiophene rings is 1. The summed E-state index contributed by atoms with van der Waals surface area (Å²) in [4.78, 5) is 5.40. The molecule has 1 saturated heterocycles. The SMILES string of the molecule is C=C/C=C(CN1CCCC1)\C(=C/C)c1ccc(C(C)C)s1. The van der Waals surface area contributed by atoms with Crippen molar-refractivity contribution in [2.75, 3.05) is 19.6 Å². The lowest BCUT2D eigenvalue weighted by molar-refractivity contribution is 0.372. The predicted octanol–water partition coefficient (Wildman–Crippen LogP) is 5.48. The first kappa shape index (κ1) is 16.3. The van der Waals surface area contributed by atoms with Crippen molar-refractivity contribution in [3.8, 4) is 0 Å². The van der Waals surface area contributed by atoms with Gasteiger partial charge in [0.15, 0.2) is 0 Å². The maximum absolute atomic E-state index is 3.90. The topological polar surface area (TPSA) is 3.24 Å². The molecule has 1 nitrogen and oxygen atoms in total. The normalized spacial score (nSPS) is 17.7. The Morgan fingerprint density at radius 3 is 2.57 bits per heavy atom. The Labute approximate surface area is 133 Å². The van der Waals surface area contributed by atoms with Gasteiger partial charge in [0.25, 0.3) is 0 Å². The molecule has 114 valence electrons. The van der Waals surface area contributed by atoms with Gasteiger partial charge in [0.2, 0.25) is 0 Å². The predicted molar refractivity (Wildman–Crippen MR) is 96.0 cm³/mol. The average Bonchev–Trinajstić information content (AvgIpc) is 3.11. The molecule has 1 aromatic heterocycles. The summed E-state index contributed by atoms with van der Waals surface area (Å²) in [6, 6.07) is 4.55. The third kappa shape index (κ3) is 4.18. The molecule has 1 aliphatic rings. The summed E-state index contributed by atoms with van der Waals surface area (Å²) in [5.74, 6) is 0.604. The van der Waals surface area contributed by atoms with Crippen LogP contribution in [0.5, 0.6) is 0 Å². The Morgan fingerprint density at radius 1 is 1.33 bits per heavy atom. The second kappa shape index (κ2) is 7.77. The van der Waals surface area contributed by atoms with E-state index in [0.29, 0.717) is 5.92 Å². The average molecular weight is 301 g/mol. The van der Waals surface area contributed by atoms with Crippen molar-refractivity contribution < 1.29 is 0 Å². The standard InChI is InChI=1S/C19H27NS/c1-5-9-16(14-20-12-7-8-13-20)17(6-2)19-11-10-18(21-19)15(3)4/h5-6,9-11,15H,1,7-8,12-14H2,2-4H3/b16-9-,17-6+. The maximum atomic E-state index is 3.90. The maximum Gasteiger partial charge on any atom is 0.0345 e. The van der Waals surface area contributed by atoms with Crippen LogP contribution >= 0.6 is 11.3 Å². The van der Waals surface area contributed by atoms with Crippen LogP contribution < -0.4 is 0 Å². The molecule has 0 bridgehead atoms. The largest absolute Gasteiger partial charge is 0.299 e. The summed E-state index contributed by atoms with van der Waals surface area (Å²) in [6.07, 6.45) is 9.03. The number of rotatable bonds is 6. The number of hydrogen-bond acceptors (Lipinski definition) is 2. The molecule has 1 aliphatic heterocycles. The molecule has 0 unspecified atom stereocenters. The molecule has 0 N–H and O–H groups in total. The summed E-state index contributed by atoms with van der Waals surface area (Å²) < 4.78 is 0. The van der Waals surface area contributed by atoms with E-state index >= 15 is 0 Å². The zero-order chi connectivity index (χ0) is 15.2. The lowest BCUT2D eigenvalue weighted by Gasteiger charge is -2.19. The van der Waals surface area contributed by atoms with E-state index in [1.165, 1.54) is 46.8 Å². The molecule has 0 spiro atoms. The van der Waals surface area contributed by atoms with Gasteiger partial charge in [-0.25, -0.2) is 0 Å². The molecule has 1 aromatic rings. The van der Waals surface area contributed by atoms with E-state index in [1.807, 2.05) is 17.4 Å². The highest BCUT2D eigenvalue weighted by Crippen LogP contribution is 2.33. The minimum Gasteiger partial charge on any atom is -0.299 e.